The average Bonchev–Trinajstić information content (AvgIpc) is 1.85. The Morgan fingerprint density at radius 2 is 1.75 bits per heavy atom. The molecule has 0 nitrogen and oxygen atoms in total. The molecule has 0 N–H and O–H groups in total. The van der Waals surface area contributed by atoms with Gasteiger partial charge in [-0.3, -0.25) is 0 Å². The molecule has 0 spiro atoms. The van der Waals surface area contributed by atoms with Crippen LogP contribution in [0.3, 0.4) is 0 Å². The van der Waals surface area contributed by atoms with E-state index in [2.05, 4.69) is 0 Å². The summed E-state index contributed by atoms with van der Waals surface area (Å²) in [4.78, 5) is 0. The molecule has 0 aromatic heterocycles. The van der Waals surface area contributed by atoms with E-state index in [0.29, 0.717) is 0 Å². The zero-order chi connectivity index (χ0) is 9.57. The Kier molecular flexibility index (Phi) is 2.36. The molecule has 0 heterocycles. The molecule has 12 heavy (non-hydrogen) atoms. The summed E-state index contributed by atoms with van der Waals surface area (Å²) < 4.78 is 49.6. The highest BCUT2D eigenvalue weighted by molar-refractivity contribution is 8.00. The summed E-state index contributed by atoms with van der Waals surface area (Å²) in [6, 6.07) is 0. The zero-order valence-electron chi connectivity index (χ0n) is 6.78. The van der Waals surface area contributed by atoms with E-state index in [0.717, 1.165) is 11.8 Å². The standard InChI is InChI=1S/C7H10F4S/c1-4(2)12-5-3-6(8,9)7(5,10)11/h4-5H,3H2,1-2H3. The van der Waals surface area contributed by atoms with Gasteiger partial charge < -0.3 is 0 Å². The summed E-state index contributed by atoms with van der Waals surface area (Å²) in [6.45, 7) is 3.44. The van der Waals surface area contributed by atoms with Crippen LogP contribution in [0.4, 0.5) is 17.6 Å². The lowest BCUT2D eigenvalue weighted by Crippen LogP contribution is -2.61. The highest BCUT2D eigenvalue weighted by Crippen LogP contribution is 2.56. The van der Waals surface area contributed by atoms with E-state index in [9.17, 15) is 17.6 Å². The number of alkyl halides is 4. The molecule has 0 aromatic carbocycles. The average molecular weight is 202 g/mol. The normalized spacial score (nSPS) is 31.8. The molecule has 1 aliphatic rings. The van der Waals surface area contributed by atoms with Crippen molar-refractivity contribution in [3.05, 3.63) is 0 Å². The molecule has 0 bridgehead atoms. The molecule has 5 heteroatoms. The molecule has 1 fully saturated rings. The van der Waals surface area contributed by atoms with Crippen molar-refractivity contribution in [3.8, 4) is 0 Å². The summed E-state index contributed by atoms with van der Waals surface area (Å²) in [5.41, 5.74) is 0. The highest BCUT2D eigenvalue weighted by atomic mass is 32.2. The lowest BCUT2D eigenvalue weighted by molar-refractivity contribution is -0.269. The van der Waals surface area contributed by atoms with Crippen LogP contribution >= 0.6 is 11.8 Å². The van der Waals surface area contributed by atoms with Gasteiger partial charge in [-0.1, -0.05) is 13.8 Å². The van der Waals surface area contributed by atoms with Crippen molar-refractivity contribution in [1.29, 1.82) is 0 Å². The quantitative estimate of drug-likeness (QED) is 0.620. The number of thioether (sulfide) groups is 1. The van der Waals surface area contributed by atoms with E-state index in [-0.39, 0.29) is 5.25 Å². The Labute approximate surface area is 72.7 Å². The maximum atomic E-state index is 12.6. The third kappa shape index (κ3) is 1.43. The molecule has 1 unspecified atom stereocenters. The van der Waals surface area contributed by atoms with Crippen molar-refractivity contribution >= 4 is 11.8 Å². The van der Waals surface area contributed by atoms with E-state index >= 15 is 0 Å². The first-order chi connectivity index (χ1) is 5.27. The third-order valence-corrected chi connectivity index (χ3v) is 3.11. The van der Waals surface area contributed by atoms with E-state index in [4.69, 9.17) is 0 Å². The second-order valence-electron chi connectivity index (χ2n) is 3.21. The molecule has 0 aliphatic heterocycles. The highest BCUT2D eigenvalue weighted by Gasteiger charge is 2.71. The zero-order valence-corrected chi connectivity index (χ0v) is 7.60. The second kappa shape index (κ2) is 2.79. The Morgan fingerprint density at radius 1 is 1.25 bits per heavy atom. The molecule has 0 radical (unpaired) electrons. The van der Waals surface area contributed by atoms with Gasteiger partial charge in [0.15, 0.2) is 0 Å². The van der Waals surface area contributed by atoms with E-state index < -0.39 is 23.5 Å². The summed E-state index contributed by atoms with van der Waals surface area (Å²) in [5.74, 6) is -7.58. The molecule has 1 aliphatic carbocycles. The summed E-state index contributed by atoms with van der Waals surface area (Å²) in [6.07, 6.45) is -0.692. The summed E-state index contributed by atoms with van der Waals surface area (Å²) in [5, 5.41) is -1.23. The van der Waals surface area contributed by atoms with Gasteiger partial charge in [0.2, 0.25) is 0 Å². The lowest BCUT2D eigenvalue weighted by atomic mass is 9.89. The van der Waals surface area contributed by atoms with Crippen molar-refractivity contribution in [2.75, 3.05) is 0 Å². The molecule has 0 aromatic rings. The number of hydrogen-bond acceptors (Lipinski definition) is 1. The van der Waals surface area contributed by atoms with Crippen molar-refractivity contribution in [1.82, 2.24) is 0 Å². The van der Waals surface area contributed by atoms with Crippen molar-refractivity contribution in [2.45, 2.75) is 42.6 Å². The fourth-order valence-electron chi connectivity index (χ4n) is 1.06. The van der Waals surface area contributed by atoms with Gasteiger partial charge in [-0.15, -0.1) is 11.8 Å². The molecular weight excluding hydrogens is 192 g/mol. The Morgan fingerprint density at radius 3 is 2.00 bits per heavy atom. The first-order valence-electron chi connectivity index (χ1n) is 3.68. The fraction of sp³-hybridized carbons (Fsp3) is 1.00. The largest absolute Gasteiger partial charge is 0.322 e. The van der Waals surface area contributed by atoms with E-state index in [1.165, 1.54) is 0 Å². The van der Waals surface area contributed by atoms with Crippen LogP contribution in [0.15, 0.2) is 0 Å². The van der Waals surface area contributed by atoms with Gasteiger partial charge in [-0.05, 0) is 5.25 Å². The minimum Gasteiger partial charge on any atom is -0.200 e. The van der Waals surface area contributed by atoms with Crippen LogP contribution in [0.1, 0.15) is 20.3 Å². The molecule has 1 saturated carbocycles. The smallest absolute Gasteiger partial charge is 0.200 e. The topological polar surface area (TPSA) is 0 Å². The van der Waals surface area contributed by atoms with Gasteiger partial charge in [0.05, 0.1) is 5.25 Å². The van der Waals surface area contributed by atoms with Gasteiger partial charge in [0.1, 0.15) is 0 Å². The van der Waals surface area contributed by atoms with Gasteiger partial charge >= 0.3 is 11.8 Å². The summed E-state index contributed by atoms with van der Waals surface area (Å²) >= 11 is 0.920. The lowest BCUT2D eigenvalue weighted by Gasteiger charge is -2.43. The number of halogens is 4. The van der Waals surface area contributed by atoms with Gasteiger partial charge in [-0.25, -0.2) is 0 Å². The number of rotatable bonds is 2. The van der Waals surface area contributed by atoms with Crippen LogP contribution in [0.5, 0.6) is 0 Å². The second-order valence-corrected chi connectivity index (χ2v) is 4.99. The predicted octanol–water partition coefficient (Wildman–Crippen LogP) is 3.17. The minimum atomic E-state index is -3.80. The Bertz CT molecular complexity index is 176. The first kappa shape index (κ1) is 10.2. The Balaban J connectivity index is 2.54. The van der Waals surface area contributed by atoms with Crippen LogP contribution in [0.2, 0.25) is 0 Å². The van der Waals surface area contributed by atoms with Crippen molar-refractivity contribution < 1.29 is 17.6 Å². The van der Waals surface area contributed by atoms with Crippen LogP contribution < -0.4 is 0 Å². The Hall–Kier alpha value is 0.0700. The van der Waals surface area contributed by atoms with Crippen LogP contribution in [0, 0.1) is 0 Å². The van der Waals surface area contributed by atoms with Crippen LogP contribution in [-0.2, 0) is 0 Å². The van der Waals surface area contributed by atoms with Crippen LogP contribution in [-0.4, -0.2) is 22.3 Å². The first-order valence-corrected chi connectivity index (χ1v) is 4.63. The van der Waals surface area contributed by atoms with Gasteiger partial charge in [-0.2, -0.15) is 17.6 Å². The molecule has 1 atom stereocenters. The van der Waals surface area contributed by atoms with Crippen LogP contribution in [0.25, 0.3) is 0 Å². The maximum absolute atomic E-state index is 12.6. The fourth-order valence-corrected chi connectivity index (χ4v) is 2.37. The van der Waals surface area contributed by atoms with Gasteiger partial charge in [0.25, 0.3) is 0 Å². The molecular formula is C7H10F4S. The van der Waals surface area contributed by atoms with E-state index in [1.54, 1.807) is 13.8 Å². The predicted molar refractivity (Wildman–Crippen MR) is 41.0 cm³/mol. The summed E-state index contributed by atoms with van der Waals surface area (Å²) in [7, 11) is 0. The monoisotopic (exact) mass is 202 g/mol. The molecule has 0 amide bonds. The van der Waals surface area contributed by atoms with Crippen molar-refractivity contribution in [3.63, 3.8) is 0 Å². The third-order valence-electron chi connectivity index (χ3n) is 1.77. The number of hydrogen-bond donors (Lipinski definition) is 0. The van der Waals surface area contributed by atoms with E-state index in [1.807, 2.05) is 0 Å². The molecule has 1 rings (SSSR count). The van der Waals surface area contributed by atoms with Gasteiger partial charge in [0, 0.05) is 6.42 Å². The van der Waals surface area contributed by atoms with Crippen molar-refractivity contribution in [2.24, 2.45) is 0 Å². The molecule has 0 saturated heterocycles. The molecule has 72 valence electrons. The minimum absolute atomic E-state index is 0.0306. The SMILES string of the molecule is CC(C)SC1CC(F)(F)C1(F)F. The maximum Gasteiger partial charge on any atom is 0.322 e.